The van der Waals surface area contributed by atoms with E-state index in [1.54, 1.807) is 0 Å². The Morgan fingerprint density at radius 3 is 2.85 bits per heavy atom. The Morgan fingerprint density at radius 2 is 2.15 bits per heavy atom. The first-order valence-corrected chi connectivity index (χ1v) is 7.52. The lowest BCUT2D eigenvalue weighted by Gasteiger charge is -2.36. The molecule has 2 unspecified atom stereocenters. The van der Waals surface area contributed by atoms with Gasteiger partial charge in [0.25, 0.3) is 0 Å². The summed E-state index contributed by atoms with van der Waals surface area (Å²) in [7, 11) is 0. The maximum absolute atomic E-state index is 11.9. The molecule has 0 aliphatic carbocycles. The van der Waals surface area contributed by atoms with Crippen LogP contribution in [0, 0.1) is 5.92 Å². The number of hydrogen-bond donors (Lipinski definition) is 2. The van der Waals surface area contributed by atoms with Crippen LogP contribution in [0.2, 0.25) is 0 Å². The number of likely N-dealkylation sites (tertiary alicyclic amines) is 1. The first-order chi connectivity index (χ1) is 9.69. The molecule has 4 nitrogen and oxygen atoms in total. The number of nitrogens with one attached hydrogen (secondary N) is 1. The Labute approximate surface area is 121 Å². The molecule has 110 valence electrons. The van der Waals surface area contributed by atoms with Crippen LogP contribution in [0.25, 0.3) is 0 Å². The Kier molecular flexibility index (Phi) is 5.56. The first kappa shape index (κ1) is 15.0. The maximum Gasteiger partial charge on any atom is 0.225 e. The third-order valence-electron chi connectivity index (χ3n) is 4.11. The number of anilines is 1. The number of benzene rings is 1. The smallest absolute Gasteiger partial charge is 0.225 e. The van der Waals surface area contributed by atoms with E-state index in [4.69, 9.17) is 5.73 Å². The second kappa shape index (κ2) is 7.41. The first-order valence-electron chi connectivity index (χ1n) is 7.52. The lowest BCUT2D eigenvalue weighted by atomic mass is 9.90. The quantitative estimate of drug-likeness (QED) is 0.865. The summed E-state index contributed by atoms with van der Waals surface area (Å²) < 4.78 is 0. The molecule has 1 aromatic carbocycles. The number of para-hydroxylation sites is 1. The Morgan fingerprint density at radius 1 is 1.40 bits per heavy atom. The summed E-state index contributed by atoms with van der Waals surface area (Å²) in [5.74, 6) is 0.653. The number of carbonyl (C=O) groups is 1. The van der Waals surface area contributed by atoms with E-state index < -0.39 is 0 Å². The molecule has 4 heteroatoms. The molecule has 1 aliphatic heterocycles. The van der Waals surface area contributed by atoms with Gasteiger partial charge in [-0.25, -0.2) is 0 Å². The van der Waals surface area contributed by atoms with Gasteiger partial charge < -0.3 is 16.0 Å². The van der Waals surface area contributed by atoms with Crippen LogP contribution >= 0.6 is 0 Å². The molecule has 0 aromatic heterocycles. The SMILES string of the molecule is CCC1CN(CCC(=O)Nc2ccccc2)CCC1N. The minimum absolute atomic E-state index is 0.0825. The number of amides is 1. The fourth-order valence-electron chi connectivity index (χ4n) is 2.77. The minimum Gasteiger partial charge on any atom is -0.327 e. The zero-order chi connectivity index (χ0) is 14.4. The van der Waals surface area contributed by atoms with Crippen LogP contribution in [-0.2, 0) is 4.79 Å². The van der Waals surface area contributed by atoms with Gasteiger partial charge in [0, 0.05) is 31.2 Å². The standard InChI is InChI=1S/C16H25N3O/c1-2-13-12-19(10-8-15(13)17)11-9-16(20)18-14-6-4-3-5-7-14/h3-7,13,15H,2,8-12,17H2,1H3,(H,18,20). The summed E-state index contributed by atoms with van der Waals surface area (Å²) in [6.45, 7) is 5.05. The highest BCUT2D eigenvalue weighted by Gasteiger charge is 2.25. The van der Waals surface area contributed by atoms with E-state index in [1.165, 1.54) is 0 Å². The van der Waals surface area contributed by atoms with Gasteiger partial charge in [-0.2, -0.15) is 0 Å². The van der Waals surface area contributed by atoms with E-state index in [0.29, 0.717) is 18.4 Å². The fraction of sp³-hybridized carbons (Fsp3) is 0.562. The van der Waals surface area contributed by atoms with Gasteiger partial charge in [-0.05, 0) is 31.0 Å². The van der Waals surface area contributed by atoms with Gasteiger partial charge in [-0.15, -0.1) is 0 Å². The number of rotatable bonds is 5. The second-order valence-corrected chi connectivity index (χ2v) is 5.59. The van der Waals surface area contributed by atoms with Crippen LogP contribution in [0.4, 0.5) is 5.69 Å². The largest absolute Gasteiger partial charge is 0.327 e. The summed E-state index contributed by atoms with van der Waals surface area (Å²) >= 11 is 0. The monoisotopic (exact) mass is 275 g/mol. The zero-order valence-corrected chi connectivity index (χ0v) is 12.2. The van der Waals surface area contributed by atoms with Crippen molar-refractivity contribution >= 4 is 11.6 Å². The normalized spacial score (nSPS) is 23.5. The van der Waals surface area contributed by atoms with Gasteiger partial charge in [0.2, 0.25) is 5.91 Å². The number of hydrogen-bond acceptors (Lipinski definition) is 3. The van der Waals surface area contributed by atoms with Crippen molar-refractivity contribution in [2.45, 2.75) is 32.2 Å². The molecule has 1 fully saturated rings. The van der Waals surface area contributed by atoms with Gasteiger partial charge >= 0.3 is 0 Å². The molecule has 20 heavy (non-hydrogen) atoms. The van der Waals surface area contributed by atoms with E-state index in [-0.39, 0.29) is 5.91 Å². The van der Waals surface area contributed by atoms with Crippen LogP contribution in [-0.4, -0.2) is 36.5 Å². The highest BCUT2D eigenvalue weighted by Crippen LogP contribution is 2.18. The van der Waals surface area contributed by atoms with Crippen molar-refractivity contribution in [3.8, 4) is 0 Å². The summed E-state index contributed by atoms with van der Waals surface area (Å²) in [5, 5.41) is 2.93. The molecular formula is C16H25N3O. The van der Waals surface area contributed by atoms with Gasteiger partial charge in [0.05, 0.1) is 0 Å². The molecule has 0 saturated carbocycles. The number of piperidine rings is 1. The van der Waals surface area contributed by atoms with Gasteiger partial charge in [0.15, 0.2) is 0 Å². The van der Waals surface area contributed by atoms with Crippen molar-refractivity contribution in [1.82, 2.24) is 4.90 Å². The maximum atomic E-state index is 11.9. The highest BCUT2D eigenvalue weighted by molar-refractivity contribution is 5.90. The predicted octanol–water partition coefficient (Wildman–Crippen LogP) is 2.07. The van der Waals surface area contributed by atoms with Crippen LogP contribution in [0.3, 0.4) is 0 Å². The van der Waals surface area contributed by atoms with Crippen LogP contribution in [0.15, 0.2) is 30.3 Å². The number of nitrogens with zero attached hydrogens (tertiary/aromatic N) is 1. The molecule has 1 saturated heterocycles. The minimum atomic E-state index is 0.0825. The molecule has 1 aliphatic rings. The number of nitrogens with two attached hydrogens (primary N) is 1. The lowest BCUT2D eigenvalue weighted by molar-refractivity contribution is -0.116. The third-order valence-corrected chi connectivity index (χ3v) is 4.11. The van der Waals surface area contributed by atoms with Crippen LogP contribution in [0.1, 0.15) is 26.2 Å². The van der Waals surface area contributed by atoms with Gasteiger partial charge in [-0.3, -0.25) is 4.79 Å². The van der Waals surface area contributed by atoms with Crippen LogP contribution < -0.4 is 11.1 Å². The summed E-state index contributed by atoms with van der Waals surface area (Å²) in [4.78, 5) is 14.3. The van der Waals surface area contributed by atoms with Gasteiger partial charge in [0.1, 0.15) is 0 Å². The molecule has 0 radical (unpaired) electrons. The molecule has 0 bridgehead atoms. The molecule has 0 spiro atoms. The van der Waals surface area contributed by atoms with Crippen LogP contribution in [0.5, 0.6) is 0 Å². The Hall–Kier alpha value is -1.39. The van der Waals surface area contributed by atoms with E-state index in [9.17, 15) is 4.79 Å². The van der Waals surface area contributed by atoms with Crippen molar-refractivity contribution in [2.75, 3.05) is 25.0 Å². The summed E-state index contributed by atoms with van der Waals surface area (Å²) in [6.07, 6.45) is 2.70. The Balaban J connectivity index is 1.73. The van der Waals surface area contributed by atoms with E-state index >= 15 is 0 Å². The summed E-state index contributed by atoms with van der Waals surface area (Å²) in [6, 6.07) is 9.93. The van der Waals surface area contributed by atoms with Crippen molar-refractivity contribution < 1.29 is 4.79 Å². The van der Waals surface area contributed by atoms with E-state index in [1.807, 2.05) is 30.3 Å². The molecule has 3 N–H and O–H groups in total. The summed E-state index contributed by atoms with van der Waals surface area (Å²) in [5.41, 5.74) is 6.97. The van der Waals surface area contributed by atoms with Crippen molar-refractivity contribution in [3.63, 3.8) is 0 Å². The van der Waals surface area contributed by atoms with Gasteiger partial charge in [-0.1, -0.05) is 31.5 Å². The fourth-order valence-corrected chi connectivity index (χ4v) is 2.77. The van der Waals surface area contributed by atoms with Crippen molar-refractivity contribution in [3.05, 3.63) is 30.3 Å². The molecule has 1 aromatic rings. The average Bonchev–Trinajstić information content (AvgIpc) is 2.47. The number of carbonyl (C=O) groups excluding carboxylic acids is 1. The van der Waals surface area contributed by atoms with Crippen molar-refractivity contribution in [1.29, 1.82) is 0 Å². The van der Waals surface area contributed by atoms with E-state index in [0.717, 1.165) is 38.2 Å². The Bertz CT molecular complexity index is 421. The zero-order valence-electron chi connectivity index (χ0n) is 12.2. The molecular weight excluding hydrogens is 250 g/mol. The van der Waals surface area contributed by atoms with E-state index in [2.05, 4.69) is 17.1 Å². The molecule has 2 rings (SSSR count). The topological polar surface area (TPSA) is 58.4 Å². The lowest BCUT2D eigenvalue weighted by Crippen LogP contribution is -2.47. The third kappa shape index (κ3) is 4.32. The molecule has 1 amide bonds. The molecule has 2 atom stereocenters. The molecule has 1 heterocycles. The van der Waals surface area contributed by atoms with Crippen molar-refractivity contribution in [2.24, 2.45) is 11.7 Å². The average molecular weight is 275 g/mol. The second-order valence-electron chi connectivity index (χ2n) is 5.59. The highest BCUT2D eigenvalue weighted by atomic mass is 16.1. The predicted molar refractivity (Wildman–Crippen MR) is 82.5 cm³/mol.